The molecule has 0 radical (unpaired) electrons. The van der Waals surface area contributed by atoms with Gasteiger partial charge in [-0.05, 0) is 6.92 Å². The van der Waals surface area contributed by atoms with Gasteiger partial charge in [-0.2, -0.15) is 12.6 Å². The predicted octanol–water partition coefficient (Wildman–Crippen LogP) is -3.24. The molecule has 3 amide bonds. The summed E-state index contributed by atoms with van der Waals surface area (Å²) in [5.74, 6) is -3.73. The molecule has 13 heteroatoms. The first-order valence-corrected chi connectivity index (χ1v) is 8.91. The van der Waals surface area contributed by atoms with E-state index < -0.39 is 54.5 Å². The Kier molecular flexibility index (Phi) is 9.41. The highest BCUT2D eigenvalue weighted by atomic mass is 32.1. The van der Waals surface area contributed by atoms with Crippen molar-refractivity contribution >= 4 is 36.3 Å². The zero-order valence-corrected chi connectivity index (χ0v) is 16.0. The van der Waals surface area contributed by atoms with E-state index >= 15 is 0 Å². The molecule has 0 fully saturated rings. The summed E-state index contributed by atoms with van der Waals surface area (Å²) in [7, 11) is 0. The number of aliphatic carboxylic acids is 1. The van der Waals surface area contributed by atoms with E-state index in [4.69, 9.17) is 10.8 Å². The van der Waals surface area contributed by atoms with E-state index in [2.05, 4.69) is 38.5 Å². The number of aliphatic hydroxyl groups is 1. The second kappa shape index (κ2) is 11.3. The van der Waals surface area contributed by atoms with Crippen LogP contribution in [0.1, 0.15) is 12.6 Å². The summed E-state index contributed by atoms with van der Waals surface area (Å²) in [6.45, 7) is 0.604. The summed E-state index contributed by atoms with van der Waals surface area (Å²) in [5.41, 5.74) is 6.42. The van der Waals surface area contributed by atoms with Crippen molar-refractivity contribution in [3.8, 4) is 0 Å². The van der Waals surface area contributed by atoms with Gasteiger partial charge in [0.2, 0.25) is 17.7 Å². The van der Waals surface area contributed by atoms with Gasteiger partial charge in [0.15, 0.2) is 0 Å². The van der Waals surface area contributed by atoms with Crippen molar-refractivity contribution in [3.05, 3.63) is 18.2 Å². The molecule has 4 atom stereocenters. The van der Waals surface area contributed by atoms with Gasteiger partial charge in [0, 0.05) is 24.1 Å². The first kappa shape index (κ1) is 23.4. The molecule has 8 N–H and O–H groups in total. The minimum Gasteiger partial charge on any atom is -0.480 e. The normalized spacial score (nSPS) is 15.0. The number of rotatable bonds is 11. The number of hydrogen-bond acceptors (Lipinski definition) is 8. The molecule has 1 heterocycles. The SMILES string of the molecule is CC(NC(=O)C(N)Cc1cnc[nH]1)C(=O)NC(CO)C(=O)NC(CS)C(=O)O. The Morgan fingerprint density at radius 3 is 2.32 bits per heavy atom. The van der Waals surface area contributed by atoms with Gasteiger partial charge in [0.1, 0.15) is 18.1 Å². The van der Waals surface area contributed by atoms with Gasteiger partial charge >= 0.3 is 5.97 Å². The van der Waals surface area contributed by atoms with Crippen molar-refractivity contribution in [1.82, 2.24) is 25.9 Å². The average molecular weight is 416 g/mol. The molecule has 0 aliphatic rings. The molecule has 4 unspecified atom stereocenters. The van der Waals surface area contributed by atoms with E-state index in [0.717, 1.165) is 0 Å². The van der Waals surface area contributed by atoms with Crippen LogP contribution >= 0.6 is 12.6 Å². The maximum absolute atomic E-state index is 12.2. The smallest absolute Gasteiger partial charge is 0.327 e. The fourth-order valence-corrected chi connectivity index (χ4v) is 2.31. The van der Waals surface area contributed by atoms with Gasteiger partial charge in [-0.1, -0.05) is 0 Å². The fraction of sp³-hybridized carbons (Fsp3) is 0.533. The van der Waals surface area contributed by atoms with E-state index in [0.29, 0.717) is 5.69 Å². The van der Waals surface area contributed by atoms with Crippen LogP contribution in [0.15, 0.2) is 12.5 Å². The molecule has 1 rings (SSSR count). The quantitative estimate of drug-likeness (QED) is 0.172. The number of carbonyl (C=O) groups is 4. The first-order chi connectivity index (χ1) is 13.2. The van der Waals surface area contributed by atoms with Crippen LogP contribution < -0.4 is 21.7 Å². The van der Waals surface area contributed by atoms with Gasteiger partial charge in [-0.15, -0.1) is 0 Å². The molecule has 12 nitrogen and oxygen atoms in total. The monoisotopic (exact) mass is 416 g/mol. The number of imidazole rings is 1. The van der Waals surface area contributed by atoms with Crippen LogP contribution in [0.25, 0.3) is 0 Å². The third kappa shape index (κ3) is 7.17. The van der Waals surface area contributed by atoms with Crippen molar-refractivity contribution in [2.45, 2.75) is 37.5 Å². The van der Waals surface area contributed by atoms with Crippen LogP contribution in [0, 0.1) is 0 Å². The number of nitrogens with two attached hydrogens (primary N) is 1. The van der Waals surface area contributed by atoms with Gasteiger partial charge in [0.25, 0.3) is 0 Å². The zero-order valence-electron chi connectivity index (χ0n) is 15.1. The van der Waals surface area contributed by atoms with E-state index in [9.17, 15) is 24.3 Å². The summed E-state index contributed by atoms with van der Waals surface area (Å²) in [4.78, 5) is 53.8. The Labute approximate surface area is 166 Å². The lowest BCUT2D eigenvalue weighted by atomic mass is 10.1. The molecular weight excluding hydrogens is 392 g/mol. The molecule has 0 saturated heterocycles. The highest BCUT2D eigenvalue weighted by Gasteiger charge is 2.28. The van der Waals surface area contributed by atoms with Crippen LogP contribution in [-0.2, 0) is 25.6 Å². The number of nitrogens with one attached hydrogen (secondary N) is 4. The Balaban J connectivity index is 2.57. The number of carboxylic acids is 1. The highest BCUT2D eigenvalue weighted by molar-refractivity contribution is 7.80. The number of aromatic amines is 1. The lowest BCUT2D eigenvalue weighted by molar-refractivity contribution is -0.141. The number of hydrogen-bond donors (Lipinski definition) is 8. The number of carboxylic acid groups (broad SMARTS) is 1. The van der Waals surface area contributed by atoms with E-state index in [1.807, 2.05) is 0 Å². The lowest BCUT2D eigenvalue weighted by Gasteiger charge is -2.22. The van der Waals surface area contributed by atoms with Gasteiger partial charge in [-0.25, -0.2) is 9.78 Å². The van der Waals surface area contributed by atoms with Gasteiger partial charge in [-0.3, -0.25) is 14.4 Å². The number of nitrogens with zero attached hydrogens (tertiary/aromatic N) is 1. The van der Waals surface area contributed by atoms with Crippen LogP contribution in [0.2, 0.25) is 0 Å². The molecular formula is C15H24N6O6S. The topological polar surface area (TPSA) is 200 Å². The number of carbonyl (C=O) groups excluding carboxylic acids is 3. The Morgan fingerprint density at radius 2 is 1.82 bits per heavy atom. The van der Waals surface area contributed by atoms with E-state index in [-0.39, 0.29) is 12.2 Å². The minimum atomic E-state index is -1.40. The van der Waals surface area contributed by atoms with Crippen molar-refractivity contribution in [2.75, 3.05) is 12.4 Å². The molecule has 0 spiro atoms. The third-order valence-corrected chi connectivity index (χ3v) is 4.06. The molecule has 0 aliphatic heterocycles. The maximum Gasteiger partial charge on any atom is 0.327 e. The predicted molar refractivity (Wildman–Crippen MR) is 100 cm³/mol. The second-order valence-corrected chi connectivity index (χ2v) is 6.31. The molecule has 0 aliphatic carbocycles. The average Bonchev–Trinajstić information content (AvgIpc) is 3.16. The maximum atomic E-state index is 12.2. The van der Waals surface area contributed by atoms with Crippen molar-refractivity contribution < 1.29 is 29.4 Å². The minimum absolute atomic E-state index is 0.173. The van der Waals surface area contributed by atoms with Crippen LogP contribution in [0.4, 0.5) is 0 Å². The number of amides is 3. The Morgan fingerprint density at radius 1 is 1.18 bits per heavy atom. The Bertz CT molecular complexity index is 685. The van der Waals surface area contributed by atoms with Crippen molar-refractivity contribution in [1.29, 1.82) is 0 Å². The standard InChI is InChI=1S/C15H24N6O6S/c1-7(19-13(24)9(16)2-8-3-17-6-18-8)12(23)20-10(4-22)14(25)21-11(5-28)15(26)27/h3,6-7,9-11,22,28H,2,4-5,16H2,1H3,(H,17,18)(H,19,24)(H,20,23)(H,21,25)(H,26,27). The first-order valence-electron chi connectivity index (χ1n) is 8.28. The molecule has 28 heavy (non-hydrogen) atoms. The number of thiol groups is 1. The van der Waals surface area contributed by atoms with E-state index in [1.165, 1.54) is 19.4 Å². The van der Waals surface area contributed by atoms with E-state index in [1.54, 1.807) is 0 Å². The number of aliphatic hydroxyl groups excluding tert-OH is 1. The molecule has 1 aromatic rings. The fourth-order valence-electron chi connectivity index (χ4n) is 2.06. The molecule has 0 saturated carbocycles. The second-order valence-electron chi connectivity index (χ2n) is 5.94. The summed E-state index contributed by atoms with van der Waals surface area (Å²) in [6.07, 6.45) is 3.14. The lowest BCUT2D eigenvalue weighted by Crippen LogP contribution is -2.57. The van der Waals surface area contributed by atoms with Crippen LogP contribution in [-0.4, -0.2) is 80.4 Å². The third-order valence-electron chi connectivity index (χ3n) is 3.70. The zero-order chi connectivity index (χ0) is 21.3. The van der Waals surface area contributed by atoms with Crippen molar-refractivity contribution in [3.63, 3.8) is 0 Å². The van der Waals surface area contributed by atoms with Crippen LogP contribution in [0.3, 0.4) is 0 Å². The summed E-state index contributed by atoms with van der Waals surface area (Å²) >= 11 is 3.81. The summed E-state index contributed by atoms with van der Waals surface area (Å²) < 4.78 is 0. The Hall–Kier alpha value is -2.64. The number of H-pyrrole nitrogens is 1. The van der Waals surface area contributed by atoms with Crippen LogP contribution in [0.5, 0.6) is 0 Å². The van der Waals surface area contributed by atoms with Gasteiger partial charge < -0.3 is 36.9 Å². The molecule has 0 aromatic carbocycles. The molecule has 1 aromatic heterocycles. The van der Waals surface area contributed by atoms with Gasteiger partial charge in [0.05, 0.1) is 19.0 Å². The molecule has 0 bridgehead atoms. The summed E-state index contributed by atoms with van der Waals surface area (Å²) in [6, 6.07) is -4.66. The molecule has 156 valence electrons. The largest absolute Gasteiger partial charge is 0.480 e. The van der Waals surface area contributed by atoms with Crippen molar-refractivity contribution in [2.24, 2.45) is 5.73 Å². The summed E-state index contributed by atoms with van der Waals surface area (Å²) in [5, 5.41) is 25.0. The highest BCUT2D eigenvalue weighted by Crippen LogP contribution is 1.98. The number of aromatic nitrogens is 2.